The number of Topliss-reactive ketones (excluding diaryl/α,β-unsaturated/α-hetero) is 1. The average Bonchev–Trinajstić information content (AvgIpc) is 3.87. The zero-order chi connectivity index (χ0) is 41.0. The van der Waals surface area contributed by atoms with E-state index in [4.69, 9.17) is 4.74 Å². The van der Waals surface area contributed by atoms with Gasteiger partial charge in [0, 0.05) is 6.04 Å². The van der Waals surface area contributed by atoms with Gasteiger partial charge in [-0.15, -0.1) is 0 Å². The summed E-state index contributed by atoms with van der Waals surface area (Å²) in [6.07, 6.45) is 8.00. The fourth-order valence-electron chi connectivity index (χ4n) is 4.38. The van der Waals surface area contributed by atoms with Crippen LogP contribution in [0.3, 0.4) is 0 Å². The third kappa shape index (κ3) is 34.3. The summed E-state index contributed by atoms with van der Waals surface area (Å²) in [6.45, 7) is 36.9. The minimum atomic E-state index is -0.849. The lowest BCUT2D eigenvalue weighted by Gasteiger charge is -2.29. The molecule has 306 valence electrons. The summed E-state index contributed by atoms with van der Waals surface area (Å²) < 4.78 is 5.20. The fraction of sp³-hybridized carbons (Fsp3) is 0.875. The molecule has 2 aliphatic heterocycles. The van der Waals surface area contributed by atoms with Gasteiger partial charge in [0.15, 0.2) is 5.78 Å². The maximum Gasteiger partial charge on any atom is 0.243 e. The predicted octanol–water partition coefficient (Wildman–Crippen LogP) is 7.06. The second kappa shape index (κ2) is 38.7. The molecule has 2 fully saturated rings. The van der Waals surface area contributed by atoms with Crippen molar-refractivity contribution >= 4 is 29.9 Å². The predicted molar refractivity (Wildman–Crippen MR) is 216 cm³/mol. The molecule has 11 nitrogen and oxygen atoms in total. The van der Waals surface area contributed by atoms with Gasteiger partial charge in [0.05, 0.1) is 25.7 Å². The van der Waals surface area contributed by atoms with Crippen molar-refractivity contribution < 1.29 is 28.7 Å². The number of carbonyl (C=O) groups excluding carboxylic acids is 5. The van der Waals surface area contributed by atoms with Crippen molar-refractivity contribution in [2.75, 3.05) is 32.8 Å². The molecule has 0 radical (unpaired) electrons. The average molecular weight is 732 g/mol. The SMILES string of the molecule is CC.CC.CC.CC(C)CC(NC(=O)CNC=O)C(=O)NCC(=O)NC(CC(C)C)C(=O)C1(C)CO1.CC(C)N1CCCCC1.CCC.CCC. The Morgan fingerprint density at radius 3 is 1.45 bits per heavy atom. The van der Waals surface area contributed by atoms with Crippen LogP contribution in [0.4, 0.5) is 0 Å². The number of hydrogen-bond donors (Lipinski definition) is 4. The Kier molecular flexibility index (Phi) is 43.9. The highest BCUT2D eigenvalue weighted by molar-refractivity contribution is 5.97. The van der Waals surface area contributed by atoms with Gasteiger partial charge in [-0.25, -0.2) is 0 Å². The summed E-state index contributed by atoms with van der Waals surface area (Å²) >= 11 is 0. The minimum absolute atomic E-state index is 0.112. The number of rotatable bonds is 15. The van der Waals surface area contributed by atoms with E-state index in [1.165, 1.54) is 45.2 Å². The van der Waals surface area contributed by atoms with Crippen molar-refractivity contribution in [1.82, 2.24) is 26.2 Å². The van der Waals surface area contributed by atoms with E-state index < -0.39 is 35.4 Å². The van der Waals surface area contributed by atoms with E-state index in [-0.39, 0.29) is 30.7 Å². The monoisotopic (exact) mass is 732 g/mol. The van der Waals surface area contributed by atoms with Gasteiger partial charge in [-0.05, 0) is 71.4 Å². The molecular formula is C40H85N5O6. The van der Waals surface area contributed by atoms with Gasteiger partial charge in [0.2, 0.25) is 24.1 Å². The van der Waals surface area contributed by atoms with Gasteiger partial charge in [-0.2, -0.15) is 0 Å². The van der Waals surface area contributed by atoms with Gasteiger partial charge in [0.25, 0.3) is 0 Å². The normalized spacial score (nSPS) is 16.6. The Hall–Kier alpha value is -2.53. The van der Waals surface area contributed by atoms with Crippen LogP contribution < -0.4 is 21.3 Å². The lowest BCUT2D eigenvalue weighted by molar-refractivity contribution is -0.132. The van der Waals surface area contributed by atoms with Crippen molar-refractivity contribution in [3.63, 3.8) is 0 Å². The van der Waals surface area contributed by atoms with Crippen molar-refractivity contribution in [3.8, 4) is 0 Å². The number of epoxide rings is 1. The number of amides is 4. The smallest absolute Gasteiger partial charge is 0.243 e. The molecular weight excluding hydrogens is 646 g/mol. The van der Waals surface area contributed by atoms with Gasteiger partial charge in [-0.1, -0.05) is 116 Å². The number of hydrogen-bond acceptors (Lipinski definition) is 7. The zero-order valence-electron chi connectivity index (χ0n) is 36.3. The van der Waals surface area contributed by atoms with Crippen molar-refractivity contribution in [2.45, 2.75) is 186 Å². The zero-order valence-corrected chi connectivity index (χ0v) is 36.3. The number of nitrogens with zero attached hydrogens (tertiary/aromatic N) is 1. The molecule has 4 N–H and O–H groups in total. The van der Waals surface area contributed by atoms with Crippen LogP contribution in [0, 0.1) is 11.8 Å². The Morgan fingerprint density at radius 2 is 1.10 bits per heavy atom. The number of ketones is 1. The second-order valence-electron chi connectivity index (χ2n) is 13.2. The minimum Gasteiger partial charge on any atom is -0.361 e. The molecule has 3 unspecified atom stereocenters. The van der Waals surface area contributed by atoms with Crippen molar-refractivity contribution in [2.24, 2.45) is 11.8 Å². The van der Waals surface area contributed by atoms with E-state index in [2.05, 4.69) is 67.7 Å². The Bertz CT molecular complexity index is 839. The van der Waals surface area contributed by atoms with Crippen LogP contribution in [0.5, 0.6) is 0 Å². The van der Waals surface area contributed by atoms with E-state index in [0.29, 0.717) is 25.9 Å². The summed E-state index contributed by atoms with van der Waals surface area (Å²) in [5, 5.41) is 9.96. The fourth-order valence-corrected chi connectivity index (χ4v) is 4.38. The summed E-state index contributed by atoms with van der Waals surface area (Å²) in [7, 11) is 0. The molecule has 51 heavy (non-hydrogen) atoms. The molecule has 3 atom stereocenters. The summed E-state index contributed by atoms with van der Waals surface area (Å²) in [5.74, 6) is -1.40. The standard InChI is InChI=1S/C20H34N4O6.C8H17N.2C3H8.3C2H6/c1-12(2)6-14(18(28)20(5)10-30-20)23-17(27)9-22-19(29)15(7-13(3)4)24-16(26)8-21-11-25;1-8(2)9-6-4-3-5-7-9;2*1-3-2;3*1-2/h11-15H,6-10H2,1-5H3,(H,21,25)(H,22,29)(H,23,27)(H,24,26);8H,3-7H2,1-2H3;2*3H2,1-2H3;3*1-2H3. The first-order chi connectivity index (χ1) is 24.1. The maximum atomic E-state index is 12.6. The highest BCUT2D eigenvalue weighted by Crippen LogP contribution is 2.29. The van der Waals surface area contributed by atoms with Gasteiger partial charge in [0.1, 0.15) is 11.6 Å². The summed E-state index contributed by atoms with van der Waals surface area (Å²) in [4.78, 5) is 62.1. The first-order valence-electron chi connectivity index (χ1n) is 20.1. The Balaban J connectivity index is -0.000000274. The molecule has 2 heterocycles. The van der Waals surface area contributed by atoms with Crippen molar-refractivity contribution in [3.05, 3.63) is 0 Å². The number of likely N-dealkylation sites (tertiary alicyclic amines) is 1. The number of carbonyl (C=O) groups is 5. The number of nitrogens with one attached hydrogen (secondary N) is 4. The van der Waals surface area contributed by atoms with Crippen LogP contribution >= 0.6 is 0 Å². The maximum absolute atomic E-state index is 12.6. The van der Waals surface area contributed by atoms with E-state index in [9.17, 15) is 24.0 Å². The van der Waals surface area contributed by atoms with E-state index in [1.807, 2.05) is 69.2 Å². The second-order valence-corrected chi connectivity index (χ2v) is 13.2. The van der Waals surface area contributed by atoms with E-state index in [1.54, 1.807) is 6.92 Å². The number of ether oxygens (including phenoxy) is 1. The molecule has 0 saturated carbocycles. The first-order valence-corrected chi connectivity index (χ1v) is 20.1. The molecule has 0 aromatic heterocycles. The van der Waals surface area contributed by atoms with Gasteiger partial charge < -0.3 is 30.9 Å². The highest BCUT2D eigenvalue weighted by atomic mass is 16.6. The van der Waals surface area contributed by atoms with Crippen LogP contribution in [0.2, 0.25) is 0 Å². The van der Waals surface area contributed by atoms with Crippen LogP contribution in [-0.4, -0.2) is 91.3 Å². The highest BCUT2D eigenvalue weighted by Gasteiger charge is 2.50. The molecule has 0 spiro atoms. The molecule has 2 rings (SSSR count). The third-order valence-electron chi connectivity index (χ3n) is 6.71. The van der Waals surface area contributed by atoms with E-state index >= 15 is 0 Å². The van der Waals surface area contributed by atoms with Crippen molar-refractivity contribution in [1.29, 1.82) is 0 Å². The lowest BCUT2D eigenvalue weighted by Crippen LogP contribution is -2.53. The summed E-state index contributed by atoms with van der Waals surface area (Å²) in [6, 6.07) is -0.765. The molecule has 4 amide bonds. The van der Waals surface area contributed by atoms with Crippen LogP contribution in [0.15, 0.2) is 0 Å². The Morgan fingerprint density at radius 1 is 0.706 bits per heavy atom. The van der Waals surface area contributed by atoms with Crippen LogP contribution in [0.25, 0.3) is 0 Å². The topological polar surface area (TPSA) is 149 Å². The molecule has 0 aromatic carbocycles. The molecule has 2 aliphatic rings. The van der Waals surface area contributed by atoms with Crippen LogP contribution in [-0.2, 0) is 28.7 Å². The number of piperidine rings is 1. The largest absolute Gasteiger partial charge is 0.361 e. The first kappa shape index (κ1) is 57.8. The molecule has 0 aromatic rings. The Labute approximate surface area is 315 Å². The summed E-state index contributed by atoms with van der Waals surface area (Å²) in [5.41, 5.74) is -0.849. The molecule has 11 heteroatoms. The van der Waals surface area contributed by atoms with E-state index in [0.717, 1.165) is 6.04 Å². The van der Waals surface area contributed by atoms with Gasteiger partial charge in [-0.3, -0.25) is 24.0 Å². The molecule has 0 aliphatic carbocycles. The quantitative estimate of drug-likeness (QED) is 0.104. The van der Waals surface area contributed by atoms with Crippen LogP contribution in [0.1, 0.15) is 163 Å². The molecule has 0 bridgehead atoms. The third-order valence-corrected chi connectivity index (χ3v) is 6.71. The molecule has 2 saturated heterocycles. The van der Waals surface area contributed by atoms with Gasteiger partial charge >= 0.3 is 0 Å². The lowest BCUT2D eigenvalue weighted by atomic mass is 9.93.